The molecule has 2 aromatic rings. The minimum atomic E-state index is -0.280. The fourth-order valence-electron chi connectivity index (χ4n) is 2.98. The van der Waals surface area contributed by atoms with Gasteiger partial charge in [-0.05, 0) is 38.5 Å². The van der Waals surface area contributed by atoms with E-state index in [2.05, 4.69) is 0 Å². The minimum Gasteiger partial charge on any atom is -0.466 e. The summed E-state index contributed by atoms with van der Waals surface area (Å²) >= 11 is 0. The van der Waals surface area contributed by atoms with Gasteiger partial charge in [-0.25, -0.2) is 4.39 Å². The van der Waals surface area contributed by atoms with E-state index in [1.807, 2.05) is 20.8 Å². The van der Waals surface area contributed by atoms with Crippen molar-refractivity contribution < 1.29 is 18.3 Å². The maximum Gasteiger partial charge on any atom is 0.257 e. The quantitative estimate of drug-likeness (QED) is 0.850. The van der Waals surface area contributed by atoms with Gasteiger partial charge in [0.2, 0.25) is 0 Å². The maximum atomic E-state index is 13.1. The van der Waals surface area contributed by atoms with E-state index in [-0.39, 0.29) is 17.8 Å². The molecule has 0 radical (unpaired) electrons. The fourth-order valence-corrected chi connectivity index (χ4v) is 2.98. The summed E-state index contributed by atoms with van der Waals surface area (Å²) in [6.07, 6.45) is -0.234. The molecular weight excluding hydrogens is 297 g/mol. The van der Waals surface area contributed by atoms with Crippen molar-refractivity contribution in [2.75, 3.05) is 19.7 Å². The molecule has 4 nitrogen and oxygen atoms in total. The fraction of sp³-hybridized carbons (Fsp3) is 0.389. The lowest BCUT2D eigenvalue weighted by molar-refractivity contribution is -0.0229. The Labute approximate surface area is 134 Å². The van der Waals surface area contributed by atoms with Crippen molar-refractivity contribution in [3.05, 3.63) is 58.3 Å². The summed E-state index contributed by atoms with van der Waals surface area (Å²) in [5, 5.41) is 0. The summed E-state index contributed by atoms with van der Waals surface area (Å²) < 4.78 is 24.4. The van der Waals surface area contributed by atoms with Crippen molar-refractivity contribution in [2.45, 2.75) is 26.9 Å². The average molecular weight is 317 g/mol. The smallest absolute Gasteiger partial charge is 0.257 e. The van der Waals surface area contributed by atoms with Gasteiger partial charge in [-0.2, -0.15) is 0 Å². The first-order valence-electron chi connectivity index (χ1n) is 7.70. The van der Waals surface area contributed by atoms with Gasteiger partial charge in [0.25, 0.3) is 5.91 Å². The largest absolute Gasteiger partial charge is 0.466 e. The van der Waals surface area contributed by atoms with Crippen LogP contribution in [-0.2, 0) is 4.74 Å². The summed E-state index contributed by atoms with van der Waals surface area (Å²) in [5.74, 6) is 1.11. The van der Waals surface area contributed by atoms with Gasteiger partial charge >= 0.3 is 0 Å². The zero-order valence-corrected chi connectivity index (χ0v) is 13.6. The molecule has 1 aromatic carbocycles. The van der Waals surface area contributed by atoms with Crippen molar-refractivity contribution in [3.8, 4) is 0 Å². The Morgan fingerprint density at radius 3 is 2.48 bits per heavy atom. The van der Waals surface area contributed by atoms with Crippen molar-refractivity contribution in [1.82, 2.24) is 4.90 Å². The summed E-state index contributed by atoms with van der Waals surface area (Å²) in [6, 6.07) is 6.22. The molecule has 1 atom stereocenters. The molecule has 0 N–H and O–H groups in total. The first-order valence-corrected chi connectivity index (χ1v) is 7.70. The standard InChI is InChI=1S/C18H20FNO3/c1-11-12(2)23-13(3)17(11)18(21)20-8-9-22-16(10-20)14-4-6-15(19)7-5-14/h4-7,16H,8-10H2,1-3H3. The Morgan fingerprint density at radius 2 is 1.87 bits per heavy atom. The molecule has 1 amide bonds. The SMILES string of the molecule is Cc1oc(C)c(C(=O)N2CCOC(c3ccc(F)cc3)C2)c1C. The maximum absolute atomic E-state index is 13.1. The van der Waals surface area contributed by atoms with E-state index in [4.69, 9.17) is 9.15 Å². The molecule has 0 spiro atoms. The number of halogens is 1. The van der Waals surface area contributed by atoms with Gasteiger partial charge in [-0.15, -0.1) is 0 Å². The Balaban J connectivity index is 1.80. The number of nitrogens with zero attached hydrogens (tertiary/aromatic N) is 1. The van der Waals surface area contributed by atoms with Crippen LogP contribution in [0.25, 0.3) is 0 Å². The molecule has 5 heteroatoms. The molecule has 1 unspecified atom stereocenters. The Kier molecular flexibility index (Phi) is 4.22. The second-order valence-electron chi connectivity index (χ2n) is 5.88. The second kappa shape index (κ2) is 6.16. The van der Waals surface area contributed by atoms with Crippen LogP contribution in [0.15, 0.2) is 28.7 Å². The van der Waals surface area contributed by atoms with E-state index in [1.54, 1.807) is 17.0 Å². The number of hydrogen-bond acceptors (Lipinski definition) is 3. The first-order chi connectivity index (χ1) is 11.0. The van der Waals surface area contributed by atoms with Crippen LogP contribution >= 0.6 is 0 Å². The van der Waals surface area contributed by atoms with Gasteiger partial charge in [-0.3, -0.25) is 4.79 Å². The molecule has 1 aliphatic heterocycles. The second-order valence-corrected chi connectivity index (χ2v) is 5.88. The molecule has 1 aliphatic rings. The lowest BCUT2D eigenvalue weighted by atomic mass is 10.1. The van der Waals surface area contributed by atoms with Crippen LogP contribution in [0.3, 0.4) is 0 Å². The van der Waals surface area contributed by atoms with Crippen molar-refractivity contribution in [3.63, 3.8) is 0 Å². The highest BCUT2D eigenvalue weighted by molar-refractivity contribution is 5.97. The minimum absolute atomic E-state index is 0.0349. The first kappa shape index (κ1) is 15.7. The zero-order valence-electron chi connectivity index (χ0n) is 13.6. The molecule has 3 rings (SSSR count). The van der Waals surface area contributed by atoms with E-state index < -0.39 is 0 Å². The number of carbonyl (C=O) groups excluding carboxylic acids is 1. The molecule has 1 fully saturated rings. The highest BCUT2D eigenvalue weighted by atomic mass is 19.1. The third-order valence-electron chi connectivity index (χ3n) is 4.37. The van der Waals surface area contributed by atoms with Gasteiger partial charge in [0.05, 0.1) is 18.7 Å². The number of hydrogen-bond donors (Lipinski definition) is 0. The summed E-state index contributed by atoms with van der Waals surface area (Å²) in [4.78, 5) is 14.6. The van der Waals surface area contributed by atoms with E-state index in [0.717, 1.165) is 16.9 Å². The molecule has 122 valence electrons. The summed E-state index contributed by atoms with van der Waals surface area (Å²) in [7, 11) is 0. The molecule has 1 saturated heterocycles. The third-order valence-corrected chi connectivity index (χ3v) is 4.37. The van der Waals surface area contributed by atoms with Crippen LogP contribution in [0, 0.1) is 26.6 Å². The number of benzene rings is 1. The van der Waals surface area contributed by atoms with Gasteiger partial charge in [0.1, 0.15) is 23.4 Å². The van der Waals surface area contributed by atoms with Crippen LogP contribution in [0.1, 0.15) is 39.1 Å². The van der Waals surface area contributed by atoms with Gasteiger partial charge in [-0.1, -0.05) is 12.1 Å². The van der Waals surface area contributed by atoms with Crippen LogP contribution in [0.2, 0.25) is 0 Å². The highest BCUT2D eigenvalue weighted by Gasteiger charge is 2.29. The lowest BCUT2D eigenvalue weighted by Crippen LogP contribution is -2.42. The topological polar surface area (TPSA) is 42.7 Å². The normalized spacial score (nSPS) is 18.3. The number of morpholine rings is 1. The average Bonchev–Trinajstić information content (AvgIpc) is 2.80. The highest BCUT2D eigenvalue weighted by Crippen LogP contribution is 2.27. The third kappa shape index (κ3) is 3.01. The number of rotatable bonds is 2. The number of aryl methyl sites for hydroxylation is 2. The van der Waals surface area contributed by atoms with Gasteiger partial charge in [0, 0.05) is 12.1 Å². The monoisotopic (exact) mass is 317 g/mol. The van der Waals surface area contributed by atoms with E-state index in [0.29, 0.717) is 31.0 Å². The molecule has 1 aromatic heterocycles. The number of furan rings is 1. The van der Waals surface area contributed by atoms with Gasteiger partial charge in [0.15, 0.2) is 0 Å². The predicted molar refractivity (Wildman–Crippen MR) is 83.9 cm³/mol. The van der Waals surface area contributed by atoms with Crippen LogP contribution in [-0.4, -0.2) is 30.5 Å². The van der Waals surface area contributed by atoms with Crippen molar-refractivity contribution >= 4 is 5.91 Å². The summed E-state index contributed by atoms with van der Waals surface area (Å²) in [5.41, 5.74) is 2.40. The number of ether oxygens (including phenoxy) is 1. The van der Waals surface area contributed by atoms with E-state index in [9.17, 15) is 9.18 Å². The Morgan fingerprint density at radius 1 is 1.17 bits per heavy atom. The molecule has 0 saturated carbocycles. The summed E-state index contributed by atoms with van der Waals surface area (Å²) in [6.45, 7) is 7.03. The zero-order chi connectivity index (χ0) is 16.6. The van der Waals surface area contributed by atoms with E-state index >= 15 is 0 Å². The number of amides is 1. The Hall–Kier alpha value is -2.14. The molecular formula is C18H20FNO3. The molecule has 23 heavy (non-hydrogen) atoms. The lowest BCUT2D eigenvalue weighted by Gasteiger charge is -2.33. The molecule has 0 bridgehead atoms. The molecule has 2 heterocycles. The predicted octanol–water partition coefficient (Wildman–Crippen LogP) is 3.56. The van der Waals surface area contributed by atoms with E-state index in [1.165, 1.54) is 12.1 Å². The van der Waals surface area contributed by atoms with Crippen molar-refractivity contribution in [1.29, 1.82) is 0 Å². The van der Waals surface area contributed by atoms with Crippen LogP contribution < -0.4 is 0 Å². The number of carbonyl (C=O) groups is 1. The van der Waals surface area contributed by atoms with Gasteiger partial charge < -0.3 is 14.1 Å². The van der Waals surface area contributed by atoms with Crippen LogP contribution in [0.5, 0.6) is 0 Å². The molecule has 0 aliphatic carbocycles. The van der Waals surface area contributed by atoms with Crippen molar-refractivity contribution in [2.24, 2.45) is 0 Å². The van der Waals surface area contributed by atoms with Crippen LogP contribution in [0.4, 0.5) is 4.39 Å². The Bertz CT molecular complexity index is 721.